The van der Waals surface area contributed by atoms with Gasteiger partial charge in [-0.25, -0.2) is 19.2 Å². The Labute approximate surface area is 201 Å². The van der Waals surface area contributed by atoms with Crippen LogP contribution in [0.4, 0.5) is 10.1 Å². The number of nitrogens with one attached hydrogen (secondary N) is 1. The van der Waals surface area contributed by atoms with Crippen LogP contribution in [0.5, 0.6) is 5.88 Å². The highest BCUT2D eigenvalue weighted by molar-refractivity contribution is 8.13. The number of aliphatic imine (C=N–C) groups is 1. The molecule has 2 heterocycles. The summed E-state index contributed by atoms with van der Waals surface area (Å²) in [5.41, 5.74) is 2.19. The highest BCUT2D eigenvalue weighted by Gasteiger charge is 2.49. The average molecular weight is 473 g/mol. The third-order valence-corrected chi connectivity index (χ3v) is 7.45. The van der Waals surface area contributed by atoms with Gasteiger partial charge in [-0.3, -0.25) is 4.79 Å². The fourth-order valence-corrected chi connectivity index (χ4v) is 5.89. The molecule has 34 heavy (non-hydrogen) atoms. The van der Waals surface area contributed by atoms with E-state index in [2.05, 4.69) is 15.1 Å². The van der Waals surface area contributed by atoms with Crippen molar-refractivity contribution < 1.29 is 13.9 Å². The first-order valence-corrected chi connectivity index (χ1v) is 11.8. The Kier molecular flexibility index (Phi) is 5.80. The lowest BCUT2D eigenvalue weighted by Gasteiger charge is -2.45. The van der Waals surface area contributed by atoms with Gasteiger partial charge in [-0.2, -0.15) is 0 Å². The number of pyridine rings is 1. The molecule has 0 spiro atoms. The normalized spacial score (nSPS) is 20.9. The van der Waals surface area contributed by atoms with E-state index in [1.54, 1.807) is 43.6 Å². The van der Waals surface area contributed by atoms with Gasteiger partial charge in [0.1, 0.15) is 5.82 Å². The molecule has 6 nitrogen and oxygen atoms in total. The molecule has 2 aliphatic rings. The number of ether oxygens (including phenoxy) is 1. The summed E-state index contributed by atoms with van der Waals surface area (Å²) in [4.78, 5) is 25.7. The Morgan fingerprint density at radius 1 is 1.26 bits per heavy atom. The first kappa shape index (κ1) is 22.1. The van der Waals surface area contributed by atoms with Crippen LogP contribution in [0, 0.1) is 18.3 Å². The zero-order valence-electron chi connectivity index (χ0n) is 18.4. The fraction of sp³-hybridized carbons (Fsp3) is 0.231. The topological polar surface area (TPSA) is 67.9 Å². The summed E-state index contributed by atoms with van der Waals surface area (Å²) in [5.74, 6) is 0.393. The number of nitrogens with zero attached hydrogens (tertiary/aromatic N) is 3. The quantitative estimate of drug-likeness (QED) is 0.550. The maximum atomic E-state index is 15.4. The number of hydrogen-bond donors (Lipinski definition) is 1. The Morgan fingerprint density at radius 3 is 2.85 bits per heavy atom. The Hall–Kier alpha value is -3.70. The molecule has 8 heteroatoms. The summed E-state index contributed by atoms with van der Waals surface area (Å²) in [7, 11) is 1.56. The standard InChI is InChI=1S/C26H21FN4O2S/c1-28-19-8-9-22(27)21(13-19)26-14-20-17(10-11-29-24(20)33-2)12-18(26)15-34-25(31-26)30-23(32)16-6-4-3-5-7-16/h3-11,13,18H,12,14-15H2,2H3,(H,30,31,32)/t18-,26-/m0/s1. The summed E-state index contributed by atoms with van der Waals surface area (Å²) < 4.78 is 20.9. The van der Waals surface area contributed by atoms with Crippen molar-refractivity contribution in [3.05, 3.63) is 100 Å². The van der Waals surface area contributed by atoms with E-state index in [0.717, 1.165) is 11.1 Å². The van der Waals surface area contributed by atoms with Crippen LogP contribution in [-0.2, 0) is 18.4 Å². The number of carbonyl (C=O) groups excluding carboxylic acids is 1. The highest BCUT2D eigenvalue weighted by Crippen LogP contribution is 2.50. The number of carbonyl (C=O) groups is 1. The van der Waals surface area contributed by atoms with Crippen LogP contribution in [0.1, 0.15) is 27.0 Å². The van der Waals surface area contributed by atoms with E-state index in [1.807, 2.05) is 12.1 Å². The molecule has 1 aliphatic carbocycles. The first-order chi connectivity index (χ1) is 16.5. The monoisotopic (exact) mass is 472 g/mol. The second kappa shape index (κ2) is 8.92. The molecule has 2 aromatic carbocycles. The number of aromatic nitrogens is 1. The molecule has 1 amide bonds. The summed E-state index contributed by atoms with van der Waals surface area (Å²) in [6, 6.07) is 15.2. The maximum Gasteiger partial charge on any atom is 0.257 e. The number of thioether (sulfide) groups is 1. The zero-order chi connectivity index (χ0) is 23.7. The lowest BCUT2D eigenvalue weighted by Crippen LogP contribution is -2.48. The number of methoxy groups -OCH3 is 1. The minimum Gasteiger partial charge on any atom is -0.481 e. The van der Waals surface area contributed by atoms with Crippen LogP contribution >= 0.6 is 11.8 Å². The molecule has 170 valence electrons. The third kappa shape index (κ3) is 3.82. The predicted octanol–water partition coefficient (Wildman–Crippen LogP) is 4.92. The Balaban J connectivity index is 1.64. The van der Waals surface area contributed by atoms with Crippen LogP contribution < -0.4 is 10.1 Å². The van der Waals surface area contributed by atoms with E-state index in [-0.39, 0.29) is 11.8 Å². The predicted molar refractivity (Wildman–Crippen MR) is 130 cm³/mol. The number of benzene rings is 2. The van der Waals surface area contributed by atoms with Crippen molar-refractivity contribution >= 4 is 28.5 Å². The number of amidine groups is 1. The largest absolute Gasteiger partial charge is 0.481 e. The van der Waals surface area contributed by atoms with Crippen LogP contribution in [-0.4, -0.2) is 28.9 Å². The summed E-state index contributed by atoms with van der Waals surface area (Å²) in [6.45, 7) is 7.44. The van der Waals surface area contributed by atoms with Gasteiger partial charge in [0.25, 0.3) is 5.91 Å². The minimum absolute atomic E-state index is 0.0371. The molecule has 1 aliphatic heterocycles. The van der Waals surface area contributed by atoms with Gasteiger partial charge in [0.2, 0.25) is 5.88 Å². The number of fused-ring (bicyclic) bond motifs is 2. The zero-order valence-corrected chi connectivity index (χ0v) is 19.2. The third-order valence-electron chi connectivity index (χ3n) is 6.42. The molecule has 0 fully saturated rings. The van der Waals surface area contributed by atoms with E-state index in [1.165, 1.54) is 23.9 Å². The molecule has 1 N–H and O–H groups in total. The average Bonchev–Trinajstić information content (AvgIpc) is 2.87. The van der Waals surface area contributed by atoms with Gasteiger partial charge in [-0.15, -0.1) is 0 Å². The molecule has 2 atom stereocenters. The molecule has 0 radical (unpaired) electrons. The van der Waals surface area contributed by atoms with Crippen molar-refractivity contribution in [2.24, 2.45) is 10.9 Å². The molecule has 0 saturated carbocycles. The van der Waals surface area contributed by atoms with E-state index in [0.29, 0.717) is 46.5 Å². The number of halogens is 1. The molecule has 0 unspecified atom stereocenters. The molecule has 3 aromatic rings. The van der Waals surface area contributed by atoms with Crippen molar-refractivity contribution in [3.8, 4) is 5.88 Å². The lowest BCUT2D eigenvalue weighted by atomic mass is 9.67. The lowest BCUT2D eigenvalue weighted by molar-refractivity contribution is 0.0977. The molecule has 5 rings (SSSR count). The maximum absolute atomic E-state index is 15.4. The number of hydrogen-bond acceptors (Lipinski definition) is 5. The van der Waals surface area contributed by atoms with Gasteiger partial charge in [-0.1, -0.05) is 36.0 Å². The second-order valence-corrected chi connectivity index (χ2v) is 9.29. The van der Waals surface area contributed by atoms with Gasteiger partial charge in [-0.05, 0) is 42.3 Å². The molecule has 0 saturated heterocycles. The van der Waals surface area contributed by atoms with Gasteiger partial charge < -0.3 is 10.1 Å². The smallest absolute Gasteiger partial charge is 0.257 e. The Morgan fingerprint density at radius 2 is 2.09 bits per heavy atom. The molecular weight excluding hydrogens is 451 g/mol. The van der Waals surface area contributed by atoms with Gasteiger partial charge in [0.15, 0.2) is 10.9 Å². The fourth-order valence-electron chi connectivity index (χ4n) is 4.75. The van der Waals surface area contributed by atoms with E-state index in [4.69, 9.17) is 16.3 Å². The van der Waals surface area contributed by atoms with Gasteiger partial charge in [0.05, 0.1) is 19.2 Å². The van der Waals surface area contributed by atoms with Crippen molar-refractivity contribution in [2.45, 2.75) is 18.4 Å². The van der Waals surface area contributed by atoms with E-state index >= 15 is 4.39 Å². The highest BCUT2D eigenvalue weighted by atomic mass is 32.2. The van der Waals surface area contributed by atoms with Crippen LogP contribution in [0.15, 0.2) is 65.8 Å². The van der Waals surface area contributed by atoms with E-state index < -0.39 is 11.4 Å². The molecule has 1 aromatic heterocycles. The summed E-state index contributed by atoms with van der Waals surface area (Å²) in [5, 5.41) is 3.34. The van der Waals surface area contributed by atoms with Crippen molar-refractivity contribution in [3.63, 3.8) is 0 Å². The molecular formula is C26H21FN4O2S. The van der Waals surface area contributed by atoms with Gasteiger partial charge in [0, 0.05) is 41.0 Å². The minimum atomic E-state index is -1.00. The van der Waals surface area contributed by atoms with Gasteiger partial charge >= 0.3 is 0 Å². The van der Waals surface area contributed by atoms with Crippen molar-refractivity contribution in [1.29, 1.82) is 0 Å². The SMILES string of the molecule is [C-]#[N+]c1ccc(F)c([C@]23Cc4c(ccnc4OC)C[C@H]2CSC(NC(=O)c2ccccc2)=N3)c1. The van der Waals surface area contributed by atoms with Crippen molar-refractivity contribution in [1.82, 2.24) is 10.3 Å². The number of amides is 1. The number of rotatable bonds is 3. The van der Waals surface area contributed by atoms with Crippen LogP contribution in [0.25, 0.3) is 4.85 Å². The summed E-state index contributed by atoms with van der Waals surface area (Å²) >= 11 is 1.45. The Bertz CT molecular complexity index is 1340. The first-order valence-electron chi connectivity index (χ1n) is 10.8. The van der Waals surface area contributed by atoms with Crippen LogP contribution in [0.3, 0.4) is 0 Å². The van der Waals surface area contributed by atoms with Crippen molar-refractivity contribution in [2.75, 3.05) is 12.9 Å². The summed E-state index contributed by atoms with van der Waals surface area (Å²) in [6.07, 6.45) is 2.73. The second-order valence-electron chi connectivity index (χ2n) is 8.28. The molecule has 0 bridgehead atoms. The van der Waals surface area contributed by atoms with E-state index in [9.17, 15) is 4.79 Å². The van der Waals surface area contributed by atoms with Crippen LogP contribution in [0.2, 0.25) is 0 Å².